The van der Waals surface area contributed by atoms with Gasteiger partial charge in [-0.05, 0) is 24.3 Å². The normalized spacial score (nSPS) is 10.9. The molecule has 1 aromatic heterocycles. The largest absolute Gasteiger partial charge is 0.465 e. The Balaban J connectivity index is 1.78. The molecule has 3 aromatic rings. The van der Waals surface area contributed by atoms with Crippen LogP contribution < -0.4 is 4.90 Å². The maximum absolute atomic E-state index is 12.8. The van der Waals surface area contributed by atoms with Crippen LogP contribution in [0.5, 0.6) is 0 Å². The molecular weight excluding hydrogens is 390 g/mol. The van der Waals surface area contributed by atoms with Gasteiger partial charge in [-0.1, -0.05) is 36.0 Å². The molecule has 0 fully saturated rings. The zero-order valence-corrected chi connectivity index (χ0v) is 17.4. The highest BCUT2D eigenvalue weighted by Crippen LogP contribution is 2.26. The van der Waals surface area contributed by atoms with E-state index in [4.69, 9.17) is 9.47 Å². The summed E-state index contributed by atoms with van der Waals surface area (Å²) in [4.78, 5) is 30.9. The number of amides is 1. The first-order valence-electron chi connectivity index (χ1n) is 9.07. The highest BCUT2D eigenvalue weighted by Gasteiger charge is 2.20. The molecule has 0 N–H and O–H groups in total. The number of benzene rings is 2. The summed E-state index contributed by atoms with van der Waals surface area (Å²) >= 11 is 1.36. The Hall–Kier alpha value is -2.84. The minimum absolute atomic E-state index is 0.142. The van der Waals surface area contributed by atoms with E-state index in [-0.39, 0.29) is 11.7 Å². The van der Waals surface area contributed by atoms with Crippen molar-refractivity contribution in [2.24, 2.45) is 0 Å². The third kappa shape index (κ3) is 4.60. The number of carbonyl (C=O) groups excluding carboxylic acids is 2. The van der Waals surface area contributed by atoms with Gasteiger partial charge in [0.25, 0.3) is 0 Å². The second-order valence-electron chi connectivity index (χ2n) is 6.28. The highest BCUT2D eigenvalue weighted by atomic mass is 32.2. The summed E-state index contributed by atoms with van der Waals surface area (Å²) < 4.78 is 12.1. The molecule has 0 aliphatic carbocycles. The number of hydrogen-bond acceptors (Lipinski definition) is 6. The van der Waals surface area contributed by atoms with Gasteiger partial charge in [-0.2, -0.15) is 0 Å². The molecule has 0 atom stereocenters. The number of ether oxygens (including phenoxy) is 2. The Bertz CT molecular complexity index is 1020. The number of esters is 1. The molecule has 3 rings (SSSR count). The molecule has 2 aromatic carbocycles. The fraction of sp³-hybridized carbons (Fsp3) is 0.286. The molecule has 0 radical (unpaired) electrons. The second-order valence-corrected chi connectivity index (χ2v) is 7.22. The minimum atomic E-state index is -0.478. The lowest BCUT2D eigenvalue weighted by Crippen LogP contribution is -2.29. The summed E-state index contributed by atoms with van der Waals surface area (Å²) in [5.41, 5.74) is 2.74. The predicted octanol–water partition coefficient (Wildman–Crippen LogP) is 3.22. The van der Waals surface area contributed by atoms with E-state index in [9.17, 15) is 9.59 Å². The van der Waals surface area contributed by atoms with Crippen molar-refractivity contribution in [2.75, 3.05) is 38.5 Å². The number of hydrogen-bond donors (Lipinski definition) is 0. The average molecular weight is 413 g/mol. The van der Waals surface area contributed by atoms with Crippen LogP contribution in [0, 0.1) is 0 Å². The lowest BCUT2D eigenvalue weighted by Gasteiger charge is -2.19. The van der Waals surface area contributed by atoms with Crippen LogP contribution >= 0.6 is 11.8 Å². The van der Waals surface area contributed by atoms with Gasteiger partial charge >= 0.3 is 5.97 Å². The van der Waals surface area contributed by atoms with Crippen LogP contribution in [0.25, 0.3) is 11.0 Å². The molecule has 1 heterocycles. The maximum Gasteiger partial charge on any atom is 0.339 e. The number of rotatable bonds is 8. The van der Waals surface area contributed by atoms with Crippen molar-refractivity contribution in [3.05, 3.63) is 54.1 Å². The minimum Gasteiger partial charge on any atom is -0.465 e. The summed E-state index contributed by atoms with van der Waals surface area (Å²) in [6.07, 6.45) is 0. The van der Waals surface area contributed by atoms with Gasteiger partial charge in [0.05, 0.1) is 41.8 Å². The maximum atomic E-state index is 12.8. The first-order chi connectivity index (χ1) is 14.1. The quantitative estimate of drug-likeness (QED) is 0.417. The van der Waals surface area contributed by atoms with Gasteiger partial charge in [0.15, 0.2) is 5.16 Å². The van der Waals surface area contributed by atoms with Crippen molar-refractivity contribution in [2.45, 2.75) is 11.7 Å². The number of aromatic nitrogens is 2. The summed E-state index contributed by atoms with van der Waals surface area (Å²) in [5, 5.41) is 0.756. The van der Waals surface area contributed by atoms with E-state index in [1.54, 1.807) is 38.4 Å². The van der Waals surface area contributed by atoms with Gasteiger partial charge in [-0.15, -0.1) is 0 Å². The smallest absolute Gasteiger partial charge is 0.339 e. The van der Waals surface area contributed by atoms with Gasteiger partial charge in [0, 0.05) is 20.7 Å². The zero-order valence-electron chi connectivity index (χ0n) is 16.6. The SMILES string of the molecule is COCCn1c(SCC(=O)N(C)c2ccccc2C(=O)OC)nc2ccccc21. The summed E-state index contributed by atoms with van der Waals surface area (Å²) in [6, 6.07) is 14.7. The number of nitrogens with zero attached hydrogens (tertiary/aromatic N) is 3. The Morgan fingerprint density at radius 2 is 1.83 bits per heavy atom. The zero-order chi connectivity index (χ0) is 20.8. The van der Waals surface area contributed by atoms with Gasteiger partial charge in [0.1, 0.15) is 0 Å². The number of anilines is 1. The second kappa shape index (κ2) is 9.58. The van der Waals surface area contributed by atoms with Gasteiger partial charge in [0.2, 0.25) is 5.91 Å². The number of imidazole rings is 1. The first-order valence-corrected chi connectivity index (χ1v) is 10.1. The summed E-state index contributed by atoms with van der Waals surface area (Å²) in [5.74, 6) is -0.437. The number of para-hydroxylation sites is 3. The Morgan fingerprint density at radius 3 is 2.59 bits per heavy atom. The van der Waals surface area contributed by atoms with Crippen LogP contribution in [0.2, 0.25) is 0 Å². The topological polar surface area (TPSA) is 73.7 Å². The van der Waals surface area contributed by atoms with Crippen LogP contribution in [-0.4, -0.2) is 55.1 Å². The van der Waals surface area contributed by atoms with Crippen molar-refractivity contribution in [1.29, 1.82) is 0 Å². The van der Waals surface area contributed by atoms with E-state index < -0.39 is 5.97 Å². The van der Waals surface area contributed by atoms with Crippen LogP contribution in [0.4, 0.5) is 5.69 Å². The highest BCUT2D eigenvalue weighted by molar-refractivity contribution is 7.99. The summed E-state index contributed by atoms with van der Waals surface area (Å²) in [7, 11) is 4.63. The Labute approximate surface area is 173 Å². The molecule has 0 aliphatic heterocycles. The average Bonchev–Trinajstić information content (AvgIpc) is 3.12. The first kappa shape index (κ1) is 20.9. The van der Waals surface area contributed by atoms with Gasteiger partial charge in [-0.25, -0.2) is 9.78 Å². The molecule has 0 unspecified atom stereocenters. The van der Waals surface area contributed by atoms with Crippen LogP contribution in [0.3, 0.4) is 0 Å². The van der Waals surface area contributed by atoms with E-state index in [0.717, 1.165) is 16.2 Å². The number of carbonyl (C=O) groups is 2. The lowest BCUT2D eigenvalue weighted by molar-refractivity contribution is -0.115. The van der Waals surface area contributed by atoms with Crippen molar-refractivity contribution < 1.29 is 19.1 Å². The predicted molar refractivity (Wildman–Crippen MR) is 114 cm³/mol. The van der Waals surface area contributed by atoms with Crippen molar-refractivity contribution in [1.82, 2.24) is 9.55 Å². The molecule has 0 bridgehead atoms. The molecule has 1 amide bonds. The molecule has 29 heavy (non-hydrogen) atoms. The molecule has 152 valence electrons. The molecule has 0 aliphatic rings. The van der Waals surface area contributed by atoms with Crippen molar-refractivity contribution in [3.63, 3.8) is 0 Å². The van der Waals surface area contributed by atoms with Crippen molar-refractivity contribution in [3.8, 4) is 0 Å². The van der Waals surface area contributed by atoms with E-state index in [2.05, 4.69) is 9.55 Å². The molecule has 0 saturated carbocycles. The fourth-order valence-corrected chi connectivity index (χ4v) is 3.92. The van der Waals surface area contributed by atoms with E-state index >= 15 is 0 Å². The third-order valence-corrected chi connectivity index (χ3v) is 5.47. The molecule has 0 saturated heterocycles. The van der Waals surface area contributed by atoms with Gasteiger partial charge < -0.3 is 18.9 Å². The monoisotopic (exact) mass is 413 g/mol. The number of thioether (sulfide) groups is 1. The van der Waals surface area contributed by atoms with Gasteiger partial charge in [-0.3, -0.25) is 4.79 Å². The van der Waals surface area contributed by atoms with Crippen LogP contribution in [-0.2, 0) is 20.8 Å². The molecule has 8 heteroatoms. The van der Waals surface area contributed by atoms with E-state index in [1.807, 2.05) is 24.3 Å². The Kier molecular flexibility index (Phi) is 6.90. The molecule has 7 nitrogen and oxygen atoms in total. The standard InChI is InChI=1S/C21H23N3O4S/c1-23(17-10-6-4-8-15(17)20(26)28-3)19(25)14-29-21-22-16-9-5-7-11-18(16)24(21)12-13-27-2/h4-11H,12-14H2,1-3H3. The third-order valence-electron chi connectivity index (χ3n) is 4.51. The van der Waals surface area contributed by atoms with Crippen molar-refractivity contribution >= 4 is 40.4 Å². The van der Waals surface area contributed by atoms with Crippen LogP contribution in [0.15, 0.2) is 53.7 Å². The summed E-state index contributed by atoms with van der Waals surface area (Å²) in [6.45, 7) is 1.20. The van der Waals surface area contributed by atoms with E-state index in [1.165, 1.54) is 23.8 Å². The molecular formula is C21H23N3O4S. The van der Waals surface area contributed by atoms with E-state index in [0.29, 0.717) is 24.4 Å². The van der Waals surface area contributed by atoms with Crippen LogP contribution in [0.1, 0.15) is 10.4 Å². The fourth-order valence-electron chi connectivity index (χ4n) is 2.97. The lowest BCUT2D eigenvalue weighted by atomic mass is 10.1. The molecule has 0 spiro atoms. The number of methoxy groups -OCH3 is 2. The Morgan fingerprint density at radius 1 is 1.10 bits per heavy atom. The number of fused-ring (bicyclic) bond motifs is 1.